The van der Waals surface area contributed by atoms with Crippen LogP contribution >= 0.6 is 0 Å². The van der Waals surface area contributed by atoms with Crippen molar-refractivity contribution in [1.29, 1.82) is 0 Å². The largest absolute Gasteiger partial charge is 0.497 e. The fourth-order valence-corrected chi connectivity index (χ4v) is 2.54. The quantitative estimate of drug-likeness (QED) is 0.306. The van der Waals surface area contributed by atoms with Crippen LogP contribution in [0.4, 0.5) is 11.4 Å². The number of anilines is 1. The van der Waals surface area contributed by atoms with Crippen LogP contribution in [0.2, 0.25) is 0 Å². The first-order valence-corrected chi connectivity index (χ1v) is 8.84. The minimum absolute atomic E-state index is 0.0405. The molecule has 2 aromatic rings. The van der Waals surface area contributed by atoms with E-state index in [1.54, 1.807) is 45.2 Å². The van der Waals surface area contributed by atoms with Crippen molar-refractivity contribution in [2.75, 3.05) is 12.4 Å². The maximum absolute atomic E-state index is 12.6. The molecule has 0 aromatic heterocycles. The smallest absolute Gasteiger partial charge is 0.269 e. The average molecular weight is 398 g/mol. The van der Waals surface area contributed by atoms with Crippen molar-refractivity contribution in [1.82, 2.24) is 5.43 Å². The highest BCUT2D eigenvalue weighted by atomic mass is 16.6. The second-order valence-electron chi connectivity index (χ2n) is 6.52. The summed E-state index contributed by atoms with van der Waals surface area (Å²) in [5.74, 6) is -1.56. The number of hydrogen-bond donors (Lipinski definition) is 2. The number of ether oxygens (including phenoxy) is 1. The molecule has 152 valence electrons. The standard InChI is InChI=1S/C20H22N4O5/c1-13(2)18(19(25)22-15-6-10-17(29-3)11-7-15)20(26)23-21-12-14-4-8-16(9-5-14)24(27)28/h4-13,18H,1-3H3,(H,22,25)(H,23,26). The first-order valence-electron chi connectivity index (χ1n) is 8.84. The van der Waals surface area contributed by atoms with Gasteiger partial charge in [-0.3, -0.25) is 19.7 Å². The van der Waals surface area contributed by atoms with E-state index in [0.717, 1.165) is 0 Å². The Morgan fingerprint density at radius 3 is 2.21 bits per heavy atom. The van der Waals surface area contributed by atoms with Crippen molar-refractivity contribution in [2.24, 2.45) is 16.9 Å². The van der Waals surface area contributed by atoms with Crippen molar-refractivity contribution < 1.29 is 19.2 Å². The summed E-state index contributed by atoms with van der Waals surface area (Å²) in [7, 11) is 1.55. The first kappa shape index (κ1) is 21.5. The summed E-state index contributed by atoms with van der Waals surface area (Å²) >= 11 is 0. The Bertz CT molecular complexity index is 892. The van der Waals surface area contributed by atoms with Crippen LogP contribution in [-0.4, -0.2) is 30.1 Å². The third kappa shape index (κ3) is 6.13. The summed E-state index contributed by atoms with van der Waals surface area (Å²) in [4.78, 5) is 35.2. The molecular formula is C20H22N4O5. The molecule has 0 heterocycles. The minimum Gasteiger partial charge on any atom is -0.497 e. The second kappa shape index (κ2) is 9.98. The van der Waals surface area contributed by atoms with Crippen LogP contribution in [0.25, 0.3) is 0 Å². The number of nitrogens with one attached hydrogen (secondary N) is 2. The summed E-state index contributed by atoms with van der Waals surface area (Å²) in [6.07, 6.45) is 1.35. The zero-order valence-corrected chi connectivity index (χ0v) is 16.3. The molecule has 9 nitrogen and oxygen atoms in total. The maximum Gasteiger partial charge on any atom is 0.269 e. The number of carbonyl (C=O) groups is 2. The SMILES string of the molecule is COc1ccc(NC(=O)C(C(=O)NN=Cc2ccc([N+](=O)[O-])cc2)C(C)C)cc1. The van der Waals surface area contributed by atoms with Gasteiger partial charge in [0.05, 0.1) is 18.2 Å². The molecule has 0 saturated carbocycles. The molecule has 2 aromatic carbocycles. The van der Waals surface area contributed by atoms with Gasteiger partial charge in [0.2, 0.25) is 5.91 Å². The average Bonchev–Trinajstić information content (AvgIpc) is 2.68. The molecule has 0 fully saturated rings. The Kier molecular flexibility index (Phi) is 7.41. The zero-order chi connectivity index (χ0) is 21.4. The number of nitro benzene ring substituents is 1. The van der Waals surface area contributed by atoms with E-state index >= 15 is 0 Å². The lowest BCUT2D eigenvalue weighted by Crippen LogP contribution is -2.39. The van der Waals surface area contributed by atoms with E-state index in [0.29, 0.717) is 17.0 Å². The van der Waals surface area contributed by atoms with E-state index in [2.05, 4.69) is 15.8 Å². The van der Waals surface area contributed by atoms with Gasteiger partial charge in [-0.25, -0.2) is 5.43 Å². The van der Waals surface area contributed by atoms with E-state index < -0.39 is 22.7 Å². The predicted molar refractivity (Wildman–Crippen MR) is 109 cm³/mol. The molecule has 0 radical (unpaired) electrons. The number of carbonyl (C=O) groups excluding carboxylic acids is 2. The van der Waals surface area contributed by atoms with E-state index in [1.165, 1.54) is 30.5 Å². The van der Waals surface area contributed by atoms with Gasteiger partial charge in [0.1, 0.15) is 11.7 Å². The van der Waals surface area contributed by atoms with Crippen molar-refractivity contribution >= 4 is 29.4 Å². The summed E-state index contributed by atoms with van der Waals surface area (Å²) in [5.41, 5.74) is 3.42. The normalized spacial score (nSPS) is 11.9. The van der Waals surface area contributed by atoms with Crippen molar-refractivity contribution in [3.8, 4) is 5.75 Å². The summed E-state index contributed by atoms with van der Waals surface area (Å²) < 4.78 is 5.07. The lowest BCUT2D eigenvalue weighted by molar-refractivity contribution is -0.384. The van der Waals surface area contributed by atoms with Crippen LogP contribution < -0.4 is 15.5 Å². The molecule has 2 rings (SSSR count). The highest BCUT2D eigenvalue weighted by molar-refractivity contribution is 6.06. The predicted octanol–water partition coefficient (Wildman–Crippen LogP) is 2.96. The van der Waals surface area contributed by atoms with Crippen LogP contribution in [0.1, 0.15) is 19.4 Å². The Labute approximate surface area is 167 Å². The molecule has 0 spiro atoms. The van der Waals surface area contributed by atoms with E-state index in [9.17, 15) is 19.7 Å². The van der Waals surface area contributed by atoms with Crippen molar-refractivity contribution in [2.45, 2.75) is 13.8 Å². The first-order chi connectivity index (χ1) is 13.8. The molecule has 2 N–H and O–H groups in total. The monoisotopic (exact) mass is 398 g/mol. The van der Waals surface area contributed by atoms with Gasteiger partial charge >= 0.3 is 0 Å². The van der Waals surface area contributed by atoms with Crippen molar-refractivity contribution in [3.05, 3.63) is 64.2 Å². The van der Waals surface area contributed by atoms with Gasteiger partial charge in [0.25, 0.3) is 11.6 Å². The molecule has 2 amide bonds. The molecule has 0 saturated heterocycles. The highest BCUT2D eigenvalue weighted by Gasteiger charge is 2.29. The maximum atomic E-state index is 12.6. The number of nitro groups is 1. The number of non-ortho nitro benzene ring substituents is 1. The van der Waals surface area contributed by atoms with Crippen LogP contribution in [0, 0.1) is 22.0 Å². The summed E-state index contributed by atoms with van der Waals surface area (Å²) in [6.45, 7) is 3.52. The Morgan fingerprint density at radius 1 is 1.07 bits per heavy atom. The lowest BCUT2D eigenvalue weighted by atomic mass is 9.94. The number of hydrazone groups is 1. The van der Waals surface area contributed by atoms with Gasteiger partial charge in [-0.05, 0) is 47.9 Å². The number of benzene rings is 2. The topological polar surface area (TPSA) is 123 Å². The van der Waals surface area contributed by atoms with Gasteiger partial charge in [0, 0.05) is 17.8 Å². The fourth-order valence-electron chi connectivity index (χ4n) is 2.54. The van der Waals surface area contributed by atoms with Gasteiger partial charge in [-0.2, -0.15) is 5.10 Å². The van der Waals surface area contributed by atoms with Crippen LogP contribution in [0.3, 0.4) is 0 Å². The molecule has 0 aliphatic rings. The van der Waals surface area contributed by atoms with Crippen LogP contribution in [-0.2, 0) is 9.59 Å². The number of nitrogens with zero attached hydrogens (tertiary/aromatic N) is 2. The summed E-state index contributed by atoms with van der Waals surface area (Å²) in [5, 5.41) is 17.2. The van der Waals surface area contributed by atoms with Crippen LogP contribution in [0.15, 0.2) is 53.6 Å². The molecule has 29 heavy (non-hydrogen) atoms. The molecule has 1 unspecified atom stereocenters. The third-order valence-corrected chi connectivity index (χ3v) is 4.08. The summed E-state index contributed by atoms with van der Waals surface area (Å²) in [6, 6.07) is 12.4. The van der Waals surface area contributed by atoms with E-state index in [-0.39, 0.29) is 11.6 Å². The molecule has 1 atom stereocenters. The zero-order valence-electron chi connectivity index (χ0n) is 16.3. The third-order valence-electron chi connectivity index (χ3n) is 4.08. The number of methoxy groups -OCH3 is 1. The number of hydrogen-bond acceptors (Lipinski definition) is 6. The van der Waals surface area contributed by atoms with Crippen LogP contribution in [0.5, 0.6) is 5.75 Å². The lowest BCUT2D eigenvalue weighted by Gasteiger charge is -2.18. The molecule has 0 bridgehead atoms. The van der Waals surface area contributed by atoms with E-state index in [1.807, 2.05) is 0 Å². The number of amides is 2. The highest BCUT2D eigenvalue weighted by Crippen LogP contribution is 2.18. The Balaban J connectivity index is 2.00. The Hall–Kier alpha value is -3.75. The minimum atomic E-state index is -0.953. The molecule has 0 aliphatic heterocycles. The number of rotatable bonds is 8. The molecule has 9 heteroatoms. The van der Waals surface area contributed by atoms with E-state index in [4.69, 9.17) is 4.74 Å². The molecular weight excluding hydrogens is 376 g/mol. The molecule has 0 aliphatic carbocycles. The van der Waals surface area contributed by atoms with Crippen molar-refractivity contribution in [3.63, 3.8) is 0 Å². The van der Waals surface area contributed by atoms with Gasteiger partial charge in [-0.15, -0.1) is 0 Å². The Morgan fingerprint density at radius 2 is 1.69 bits per heavy atom. The van der Waals surface area contributed by atoms with Gasteiger partial charge in [0.15, 0.2) is 0 Å². The second-order valence-corrected chi connectivity index (χ2v) is 6.52. The van der Waals surface area contributed by atoms with Gasteiger partial charge < -0.3 is 10.1 Å². The fraction of sp³-hybridized carbons (Fsp3) is 0.250. The van der Waals surface area contributed by atoms with Gasteiger partial charge in [-0.1, -0.05) is 13.8 Å².